The Hall–Kier alpha value is -5.90. The molecule has 4 aromatic carbocycles. The predicted molar refractivity (Wildman–Crippen MR) is 168 cm³/mol. The van der Waals surface area contributed by atoms with Crippen molar-refractivity contribution in [2.24, 2.45) is 0 Å². The Balaban J connectivity index is 1.34. The first-order valence-electron chi connectivity index (χ1n) is 14.6. The zero-order chi connectivity index (χ0) is 30.8. The van der Waals surface area contributed by atoms with Gasteiger partial charge in [-0.15, -0.1) is 10.2 Å². The quantitative estimate of drug-likeness (QED) is 0.172. The van der Waals surface area contributed by atoms with Gasteiger partial charge in [-0.05, 0) is 23.8 Å². The maximum Gasteiger partial charge on any atom is 0.326 e. The highest BCUT2D eigenvalue weighted by molar-refractivity contribution is 6.04. The first-order chi connectivity index (χ1) is 22.1. The number of benzene rings is 4. The fraction of sp³-hybridized carbons (Fsp3) is 0.143. The fourth-order valence-corrected chi connectivity index (χ4v) is 5.84. The summed E-state index contributed by atoms with van der Waals surface area (Å²) in [6.45, 7) is -0.118. The first kappa shape index (κ1) is 27.9. The Kier molecular flexibility index (Phi) is 7.44. The van der Waals surface area contributed by atoms with Gasteiger partial charge in [-0.2, -0.15) is 5.10 Å². The molecule has 7 rings (SSSR count). The summed E-state index contributed by atoms with van der Waals surface area (Å²) >= 11 is 0. The molecule has 3 heterocycles. The second kappa shape index (κ2) is 12.0. The lowest BCUT2D eigenvalue weighted by molar-refractivity contribution is -0.144. The molecule has 0 aliphatic carbocycles. The molecule has 1 aliphatic rings. The van der Waals surface area contributed by atoms with Crippen LogP contribution < -0.4 is 4.90 Å². The second-order valence-corrected chi connectivity index (χ2v) is 10.7. The Labute approximate surface area is 258 Å². The minimum atomic E-state index is -0.854. The van der Waals surface area contributed by atoms with E-state index in [4.69, 9.17) is 9.84 Å². The van der Waals surface area contributed by atoms with E-state index in [0.717, 1.165) is 28.3 Å². The fourth-order valence-electron chi connectivity index (χ4n) is 5.84. The Morgan fingerprint density at radius 3 is 2.29 bits per heavy atom. The molecule has 0 saturated carbocycles. The van der Waals surface area contributed by atoms with E-state index in [-0.39, 0.29) is 32.0 Å². The Morgan fingerprint density at radius 1 is 0.822 bits per heavy atom. The van der Waals surface area contributed by atoms with Gasteiger partial charge in [0.15, 0.2) is 11.6 Å². The van der Waals surface area contributed by atoms with E-state index in [1.807, 2.05) is 114 Å². The van der Waals surface area contributed by atoms with E-state index < -0.39 is 11.9 Å². The molecule has 222 valence electrons. The van der Waals surface area contributed by atoms with Crippen molar-refractivity contribution >= 4 is 34.8 Å². The van der Waals surface area contributed by atoms with Crippen LogP contribution in [-0.4, -0.2) is 49.3 Å². The largest absolute Gasteiger partial charge is 0.459 e. The molecule has 1 unspecified atom stereocenters. The zero-order valence-corrected chi connectivity index (χ0v) is 24.2. The lowest BCUT2D eigenvalue weighted by Gasteiger charge is -2.24. The van der Waals surface area contributed by atoms with E-state index in [1.54, 1.807) is 4.68 Å². The second-order valence-electron chi connectivity index (χ2n) is 10.7. The van der Waals surface area contributed by atoms with Crippen molar-refractivity contribution in [1.29, 1.82) is 0 Å². The molecule has 1 aliphatic heterocycles. The van der Waals surface area contributed by atoms with E-state index in [0.29, 0.717) is 28.7 Å². The van der Waals surface area contributed by atoms with Gasteiger partial charge in [-0.1, -0.05) is 91.0 Å². The molecule has 0 saturated heterocycles. The van der Waals surface area contributed by atoms with Crippen molar-refractivity contribution in [2.75, 3.05) is 11.4 Å². The van der Waals surface area contributed by atoms with Crippen LogP contribution >= 0.6 is 0 Å². The summed E-state index contributed by atoms with van der Waals surface area (Å²) in [5.74, 6) is -0.727. The van der Waals surface area contributed by atoms with E-state index >= 15 is 0 Å². The molecule has 0 spiro atoms. The SMILES string of the molecule is O=CCn1nc(CC2C(=O)N(CC(=O)OCc3ccccc3)c3ccccc3-n3c(-c4ccccc4)nnc32)c2ccccc21. The van der Waals surface area contributed by atoms with Gasteiger partial charge in [0.2, 0.25) is 5.91 Å². The van der Waals surface area contributed by atoms with Crippen LogP contribution in [0.2, 0.25) is 0 Å². The summed E-state index contributed by atoms with van der Waals surface area (Å²) in [6.07, 6.45) is 0.962. The number of carbonyl (C=O) groups is 3. The lowest BCUT2D eigenvalue weighted by atomic mass is 9.98. The van der Waals surface area contributed by atoms with Gasteiger partial charge < -0.3 is 9.53 Å². The molecular formula is C35H28N6O4. The average molecular weight is 597 g/mol. The van der Waals surface area contributed by atoms with Crippen LogP contribution in [0, 0.1) is 0 Å². The van der Waals surface area contributed by atoms with Crippen molar-refractivity contribution in [3.05, 3.63) is 126 Å². The van der Waals surface area contributed by atoms with E-state index in [1.165, 1.54) is 4.90 Å². The van der Waals surface area contributed by atoms with Crippen LogP contribution in [0.5, 0.6) is 0 Å². The van der Waals surface area contributed by atoms with Crippen LogP contribution in [0.3, 0.4) is 0 Å². The first-order valence-corrected chi connectivity index (χ1v) is 14.6. The number of esters is 1. The number of ether oxygens (including phenoxy) is 1. The van der Waals surface area contributed by atoms with Crippen molar-refractivity contribution in [2.45, 2.75) is 25.5 Å². The van der Waals surface area contributed by atoms with Gasteiger partial charge in [-0.25, -0.2) is 0 Å². The maximum absolute atomic E-state index is 14.6. The number of aromatic nitrogens is 5. The van der Waals surface area contributed by atoms with E-state index in [9.17, 15) is 14.4 Å². The number of hydrogen-bond donors (Lipinski definition) is 0. The maximum atomic E-state index is 14.6. The number of carbonyl (C=O) groups excluding carboxylic acids is 3. The van der Waals surface area contributed by atoms with Crippen molar-refractivity contribution < 1.29 is 19.1 Å². The van der Waals surface area contributed by atoms with E-state index in [2.05, 4.69) is 10.2 Å². The van der Waals surface area contributed by atoms with Gasteiger partial charge in [0.1, 0.15) is 25.4 Å². The minimum Gasteiger partial charge on any atom is -0.459 e. The zero-order valence-electron chi connectivity index (χ0n) is 24.2. The average Bonchev–Trinajstić information content (AvgIpc) is 3.65. The molecule has 0 N–H and O–H groups in total. The highest BCUT2D eigenvalue weighted by atomic mass is 16.5. The molecule has 0 radical (unpaired) electrons. The smallest absolute Gasteiger partial charge is 0.326 e. The standard InChI is InChI=1S/C35H28N6O4/c42-20-19-40-29-16-8-7-15-26(29)28(38-40)21-27-34-37-36-33(25-13-5-2-6-14-25)41(34)31-18-10-9-17-30(31)39(35(27)44)22-32(43)45-23-24-11-3-1-4-12-24/h1-18,20,27H,19,21-23H2. The van der Waals surface area contributed by atoms with Crippen molar-refractivity contribution in [3.8, 4) is 17.1 Å². The third kappa shape index (κ3) is 5.27. The van der Waals surface area contributed by atoms with Crippen LogP contribution in [-0.2, 0) is 38.7 Å². The van der Waals surface area contributed by atoms with Gasteiger partial charge in [0.25, 0.3) is 0 Å². The number of aldehydes is 1. The summed E-state index contributed by atoms with van der Waals surface area (Å²) < 4.78 is 9.14. The third-order valence-electron chi connectivity index (χ3n) is 7.92. The van der Waals surface area contributed by atoms with Gasteiger partial charge in [0.05, 0.1) is 29.1 Å². The predicted octanol–water partition coefficient (Wildman–Crippen LogP) is 4.90. The molecule has 1 amide bonds. The number of hydrogen-bond acceptors (Lipinski definition) is 7. The number of anilines is 1. The highest BCUT2D eigenvalue weighted by Crippen LogP contribution is 2.38. The number of fused-ring (bicyclic) bond motifs is 4. The number of nitrogens with zero attached hydrogens (tertiary/aromatic N) is 6. The van der Waals surface area contributed by atoms with Crippen molar-refractivity contribution in [3.63, 3.8) is 0 Å². The molecule has 1 atom stereocenters. The summed E-state index contributed by atoms with van der Waals surface area (Å²) in [5.41, 5.74) is 4.31. The summed E-state index contributed by atoms with van der Waals surface area (Å²) in [4.78, 5) is 40.8. The number of para-hydroxylation sites is 3. The minimum absolute atomic E-state index is 0.0816. The van der Waals surface area contributed by atoms with Crippen LogP contribution in [0.25, 0.3) is 28.0 Å². The van der Waals surface area contributed by atoms with Crippen molar-refractivity contribution in [1.82, 2.24) is 24.5 Å². The molecule has 45 heavy (non-hydrogen) atoms. The summed E-state index contributed by atoms with van der Waals surface area (Å²) in [7, 11) is 0. The molecule has 10 nitrogen and oxygen atoms in total. The lowest BCUT2D eigenvalue weighted by Crippen LogP contribution is -2.40. The Morgan fingerprint density at radius 2 is 1.51 bits per heavy atom. The molecule has 0 fully saturated rings. The topological polar surface area (TPSA) is 112 Å². The monoisotopic (exact) mass is 596 g/mol. The molecule has 2 aromatic heterocycles. The molecular weight excluding hydrogens is 568 g/mol. The van der Waals surface area contributed by atoms with Crippen LogP contribution in [0.1, 0.15) is 23.0 Å². The molecule has 0 bridgehead atoms. The normalized spacial score (nSPS) is 14.1. The number of rotatable bonds is 9. The van der Waals surface area contributed by atoms with Crippen LogP contribution in [0.15, 0.2) is 109 Å². The number of amides is 1. The molecule has 10 heteroatoms. The van der Waals surface area contributed by atoms with Gasteiger partial charge >= 0.3 is 5.97 Å². The summed E-state index contributed by atoms with van der Waals surface area (Å²) in [6, 6.07) is 34.0. The van der Waals surface area contributed by atoms with Gasteiger partial charge in [0, 0.05) is 17.4 Å². The Bertz CT molecular complexity index is 2020. The molecule has 6 aromatic rings. The van der Waals surface area contributed by atoms with Crippen LogP contribution in [0.4, 0.5) is 5.69 Å². The summed E-state index contributed by atoms with van der Waals surface area (Å²) in [5, 5.41) is 14.7. The van der Waals surface area contributed by atoms with Gasteiger partial charge in [-0.3, -0.25) is 23.7 Å². The third-order valence-corrected chi connectivity index (χ3v) is 7.92. The highest BCUT2D eigenvalue weighted by Gasteiger charge is 2.39.